The van der Waals surface area contributed by atoms with Gasteiger partial charge in [-0.3, -0.25) is 9.78 Å². The van der Waals surface area contributed by atoms with Crippen LogP contribution in [-0.4, -0.2) is 23.0 Å². The number of benzene rings is 1. The largest absolute Gasteiger partial charge is 0.497 e. The fraction of sp³-hybridized carbons (Fsp3) is 0.190. The van der Waals surface area contributed by atoms with Crippen molar-refractivity contribution < 1.29 is 9.53 Å². The molecule has 0 fully saturated rings. The summed E-state index contributed by atoms with van der Waals surface area (Å²) in [5, 5.41) is 3.93. The lowest BCUT2D eigenvalue weighted by Gasteiger charge is -2.21. The molecule has 1 aromatic carbocycles. The second kappa shape index (κ2) is 7.32. The van der Waals surface area contributed by atoms with Gasteiger partial charge in [-0.2, -0.15) is 0 Å². The third-order valence-electron chi connectivity index (χ3n) is 4.57. The first-order chi connectivity index (χ1) is 13.1. The minimum atomic E-state index is -0.221. The Morgan fingerprint density at radius 1 is 1.30 bits per heavy atom. The van der Waals surface area contributed by atoms with E-state index in [9.17, 15) is 4.79 Å². The first kappa shape index (κ1) is 17.4. The quantitative estimate of drug-likeness (QED) is 0.719. The number of allylic oxidation sites excluding steroid dienone is 2. The first-order valence-electron chi connectivity index (χ1n) is 8.70. The summed E-state index contributed by atoms with van der Waals surface area (Å²) in [6.07, 6.45) is 9.23. The standard InChI is InChI=1S/C21H19N3O2S/c1-13-10-16(26-2)6-7-17(13)20(25)23-15-5-3-4-14(11-15)21-24-18-12-22-9-8-19(18)27-21/h3-13,17H,1-2H3,(H,23,25). The van der Waals surface area contributed by atoms with E-state index < -0.39 is 0 Å². The maximum atomic E-state index is 12.7. The highest BCUT2D eigenvalue weighted by molar-refractivity contribution is 7.21. The molecule has 1 aliphatic rings. The van der Waals surface area contributed by atoms with E-state index in [1.54, 1.807) is 30.8 Å². The maximum absolute atomic E-state index is 12.7. The molecule has 2 atom stereocenters. The van der Waals surface area contributed by atoms with E-state index in [1.165, 1.54) is 0 Å². The van der Waals surface area contributed by atoms with Gasteiger partial charge in [-0.15, -0.1) is 11.3 Å². The van der Waals surface area contributed by atoms with Crippen LogP contribution in [0, 0.1) is 11.8 Å². The maximum Gasteiger partial charge on any atom is 0.231 e. The van der Waals surface area contributed by atoms with E-state index >= 15 is 0 Å². The molecule has 27 heavy (non-hydrogen) atoms. The number of ether oxygens (including phenoxy) is 1. The summed E-state index contributed by atoms with van der Waals surface area (Å²) < 4.78 is 6.32. The number of thiazole rings is 1. The average Bonchev–Trinajstić information content (AvgIpc) is 3.12. The Morgan fingerprint density at radius 3 is 2.96 bits per heavy atom. The molecule has 2 heterocycles. The van der Waals surface area contributed by atoms with Crippen LogP contribution in [0.25, 0.3) is 20.8 Å². The van der Waals surface area contributed by atoms with Crippen LogP contribution in [0.15, 0.2) is 66.7 Å². The monoisotopic (exact) mass is 377 g/mol. The van der Waals surface area contributed by atoms with Gasteiger partial charge in [-0.05, 0) is 36.3 Å². The summed E-state index contributed by atoms with van der Waals surface area (Å²) in [5.74, 6) is 0.612. The molecule has 0 saturated carbocycles. The van der Waals surface area contributed by atoms with Crippen molar-refractivity contribution in [3.05, 3.63) is 66.7 Å². The van der Waals surface area contributed by atoms with Gasteiger partial charge < -0.3 is 10.1 Å². The van der Waals surface area contributed by atoms with Crippen molar-refractivity contribution in [3.63, 3.8) is 0 Å². The van der Waals surface area contributed by atoms with Crippen LogP contribution in [0.1, 0.15) is 6.92 Å². The zero-order valence-electron chi connectivity index (χ0n) is 15.0. The molecule has 1 aliphatic carbocycles. The lowest BCUT2D eigenvalue weighted by molar-refractivity contribution is -0.119. The number of hydrogen-bond donors (Lipinski definition) is 1. The van der Waals surface area contributed by atoms with Crippen LogP contribution >= 0.6 is 11.3 Å². The van der Waals surface area contributed by atoms with E-state index in [1.807, 2.05) is 55.5 Å². The zero-order chi connectivity index (χ0) is 18.8. The molecule has 0 aliphatic heterocycles. The van der Waals surface area contributed by atoms with Gasteiger partial charge in [0.25, 0.3) is 0 Å². The Balaban J connectivity index is 1.54. The number of rotatable bonds is 4. The molecule has 3 aromatic rings. The van der Waals surface area contributed by atoms with Crippen LogP contribution < -0.4 is 5.32 Å². The molecular weight excluding hydrogens is 358 g/mol. The van der Waals surface area contributed by atoms with Crippen molar-refractivity contribution in [1.29, 1.82) is 0 Å². The second-order valence-corrected chi connectivity index (χ2v) is 7.48. The number of nitrogens with zero attached hydrogens (tertiary/aromatic N) is 2. The fourth-order valence-corrected chi connectivity index (χ4v) is 4.04. The minimum absolute atomic E-state index is 0.0317. The number of nitrogens with one attached hydrogen (secondary N) is 1. The van der Waals surface area contributed by atoms with E-state index in [2.05, 4.69) is 15.3 Å². The van der Waals surface area contributed by atoms with E-state index in [0.717, 1.165) is 32.2 Å². The number of carbonyl (C=O) groups is 1. The Labute approximate surface area is 161 Å². The molecule has 0 bridgehead atoms. The summed E-state index contributed by atoms with van der Waals surface area (Å²) in [6, 6.07) is 9.73. The van der Waals surface area contributed by atoms with Gasteiger partial charge in [0.15, 0.2) is 0 Å². The van der Waals surface area contributed by atoms with Crippen molar-refractivity contribution in [2.24, 2.45) is 11.8 Å². The number of hydrogen-bond acceptors (Lipinski definition) is 5. The van der Waals surface area contributed by atoms with E-state index in [-0.39, 0.29) is 17.7 Å². The normalized spacial score (nSPS) is 19.0. The molecule has 0 spiro atoms. The molecule has 0 saturated heterocycles. The number of fused-ring (bicyclic) bond motifs is 1. The van der Waals surface area contributed by atoms with Gasteiger partial charge in [0.05, 0.1) is 23.9 Å². The topological polar surface area (TPSA) is 64.1 Å². The van der Waals surface area contributed by atoms with Crippen molar-refractivity contribution >= 4 is 33.1 Å². The summed E-state index contributed by atoms with van der Waals surface area (Å²) in [6.45, 7) is 2.01. The lowest BCUT2D eigenvalue weighted by atomic mass is 9.88. The third kappa shape index (κ3) is 3.61. The van der Waals surface area contributed by atoms with Crippen molar-refractivity contribution in [2.45, 2.75) is 6.92 Å². The van der Waals surface area contributed by atoms with Gasteiger partial charge in [0.1, 0.15) is 16.3 Å². The molecule has 4 rings (SSSR count). The predicted molar refractivity (Wildman–Crippen MR) is 108 cm³/mol. The van der Waals surface area contributed by atoms with Crippen LogP contribution in [-0.2, 0) is 9.53 Å². The Morgan fingerprint density at radius 2 is 2.19 bits per heavy atom. The number of aromatic nitrogens is 2. The third-order valence-corrected chi connectivity index (χ3v) is 5.65. The van der Waals surface area contributed by atoms with Crippen molar-refractivity contribution in [1.82, 2.24) is 9.97 Å². The molecular formula is C21H19N3O2S. The number of pyridine rings is 1. The van der Waals surface area contributed by atoms with E-state index in [4.69, 9.17) is 4.74 Å². The number of methoxy groups -OCH3 is 1. The summed E-state index contributed by atoms with van der Waals surface area (Å²) in [5.41, 5.74) is 2.62. The van der Waals surface area contributed by atoms with Gasteiger partial charge >= 0.3 is 0 Å². The van der Waals surface area contributed by atoms with Crippen molar-refractivity contribution in [2.75, 3.05) is 12.4 Å². The smallest absolute Gasteiger partial charge is 0.231 e. The van der Waals surface area contributed by atoms with Crippen LogP contribution in [0.5, 0.6) is 0 Å². The molecule has 2 unspecified atom stereocenters. The number of carbonyl (C=O) groups excluding carboxylic acids is 1. The first-order valence-corrected chi connectivity index (χ1v) is 9.51. The molecule has 136 valence electrons. The van der Waals surface area contributed by atoms with Crippen LogP contribution in [0.2, 0.25) is 0 Å². The number of amides is 1. The molecule has 1 amide bonds. The summed E-state index contributed by atoms with van der Waals surface area (Å²) in [7, 11) is 1.63. The number of anilines is 1. The summed E-state index contributed by atoms with van der Waals surface area (Å²) in [4.78, 5) is 21.5. The Bertz CT molecular complexity index is 1020. The molecule has 1 N–H and O–H groups in total. The predicted octanol–water partition coefficient (Wildman–Crippen LogP) is 4.65. The van der Waals surface area contributed by atoms with Gasteiger partial charge in [-0.25, -0.2) is 4.98 Å². The second-order valence-electron chi connectivity index (χ2n) is 6.45. The van der Waals surface area contributed by atoms with E-state index in [0.29, 0.717) is 0 Å². The average molecular weight is 377 g/mol. The molecule has 0 radical (unpaired) electrons. The Kier molecular flexibility index (Phi) is 4.73. The van der Waals surface area contributed by atoms with Gasteiger partial charge in [-0.1, -0.05) is 25.1 Å². The lowest BCUT2D eigenvalue weighted by Crippen LogP contribution is -2.27. The summed E-state index contributed by atoms with van der Waals surface area (Å²) >= 11 is 1.61. The van der Waals surface area contributed by atoms with Crippen LogP contribution in [0.3, 0.4) is 0 Å². The molecule has 6 heteroatoms. The molecule has 2 aromatic heterocycles. The van der Waals surface area contributed by atoms with Crippen molar-refractivity contribution in [3.8, 4) is 10.6 Å². The van der Waals surface area contributed by atoms with Gasteiger partial charge in [0.2, 0.25) is 5.91 Å². The molecule has 5 nitrogen and oxygen atoms in total. The van der Waals surface area contributed by atoms with Gasteiger partial charge in [0, 0.05) is 17.4 Å². The fourth-order valence-electron chi connectivity index (χ4n) is 3.11. The SMILES string of the molecule is COC1=CC(C)C(C(=O)Nc2cccc(-c3nc4cnccc4s3)c2)C=C1. The Hall–Kier alpha value is -2.99. The zero-order valence-corrected chi connectivity index (χ0v) is 15.9. The van der Waals surface area contributed by atoms with Crippen LogP contribution in [0.4, 0.5) is 5.69 Å². The minimum Gasteiger partial charge on any atom is -0.497 e. The highest BCUT2D eigenvalue weighted by atomic mass is 32.1. The highest BCUT2D eigenvalue weighted by Gasteiger charge is 2.24. The highest BCUT2D eigenvalue weighted by Crippen LogP contribution is 2.31.